The number of likely N-dealkylation sites (tertiary alicyclic amines) is 1. The van der Waals surface area contributed by atoms with Gasteiger partial charge in [0.25, 0.3) is 0 Å². The fourth-order valence-electron chi connectivity index (χ4n) is 6.93. The number of nitrogens with one attached hydrogen (secondary N) is 1. The quantitative estimate of drug-likeness (QED) is 0.791. The van der Waals surface area contributed by atoms with E-state index in [2.05, 4.69) is 19.2 Å². The number of carbonyl (C=O) groups excluding carboxylic acids is 2. The van der Waals surface area contributed by atoms with Crippen molar-refractivity contribution in [3.63, 3.8) is 0 Å². The van der Waals surface area contributed by atoms with E-state index in [9.17, 15) is 9.59 Å². The van der Waals surface area contributed by atoms with Crippen LogP contribution in [-0.4, -0.2) is 36.0 Å². The van der Waals surface area contributed by atoms with Crippen LogP contribution in [0.5, 0.6) is 0 Å². The Hall–Kier alpha value is -2.04. The fourth-order valence-corrected chi connectivity index (χ4v) is 6.93. The molecular formula is C25H34N2O3. The van der Waals surface area contributed by atoms with Crippen molar-refractivity contribution in [1.29, 1.82) is 0 Å². The maximum Gasteiger partial charge on any atom is 0.407 e. The molecule has 5 aliphatic rings. The topological polar surface area (TPSA) is 58.6 Å². The van der Waals surface area contributed by atoms with Crippen LogP contribution in [0.2, 0.25) is 0 Å². The van der Waals surface area contributed by atoms with E-state index < -0.39 is 6.09 Å². The first-order valence-corrected chi connectivity index (χ1v) is 11.7. The minimum Gasteiger partial charge on any atom is -0.445 e. The summed E-state index contributed by atoms with van der Waals surface area (Å²) < 4.78 is 5.29. The van der Waals surface area contributed by atoms with Gasteiger partial charge in [-0.05, 0) is 66.3 Å². The molecule has 0 atom stereocenters. The van der Waals surface area contributed by atoms with Gasteiger partial charge in [0.1, 0.15) is 6.61 Å². The van der Waals surface area contributed by atoms with Crippen molar-refractivity contribution in [3.05, 3.63) is 35.9 Å². The van der Waals surface area contributed by atoms with Gasteiger partial charge in [-0.3, -0.25) is 4.79 Å². The van der Waals surface area contributed by atoms with Crippen LogP contribution in [0.1, 0.15) is 51.5 Å². The summed E-state index contributed by atoms with van der Waals surface area (Å²) in [6, 6.07) is 9.66. The fraction of sp³-hybridized carbons (Fsp3) is 0.680. The number of nitrogens with zero attached hydrogens (tertiary/aromatic N) is 1. The highest BCUT2D eigenvalue weighted by Crippen LogP contribution is 2.65. The Morgan fingerprint density at radius 2 is 1.67 bits per heavy atom. The number of ether oxygens (including phenoxy) is 1. The average Bonchev–Trinajstić information content (AvgIpc) is 2.68. The lowest BCUT2D eigenvalue weighted by molar-refractivity contribution is -0.157. The maximum atomic E-state index is 13.0. The van der Waals surface area contributed by atoms with Gasteiger partial charge >= 0.3 is 6.09 Å². The summed E-state index contributed by atoms with van der Waals surface area (Å²) in [5.41, 5.74) is 1.15. The lowest BCUT2D eigenvalue weighted by Crippen LogP contribution is -2.62. The molecule has 5 nitrogen and oxygen atoms in total. The van der Waals surface area contributed by atoms with Crippen molar-refractivity contribution < 1.29 is 14.3 Å². The van der Waals surface area contributed by atoms with E-state index >= 15 is 0 Å². The molecule has 4 bridgehead atoms. The van der Waals surface area contributed by atoms with Crippen LogP contribution >= 0.6 is 0 Å². The molecule has 0 radical (unpaired) electrons. The van der Waals surface area contributed by atoms with Gasteiger partial charge in [-0.1, -0.05) is 44.2 Å². The standard InChI is InChI=1S/C25H34N2O3/c1-16-18-8-20-10-19(16)11-21(9-18)25(20,2)12-23(28)27-13-22(14-27)26-24(29)30-15-17-6-4-3-5-7-17/h3-7,16,18-22H,8-15H2,1-2H3,(H,26,29). The summed E-state index contributed by atoms with van der Waals surface area (Å²) >= 11 is 0. The zero-order valence-corrected chi connectivity index (χ0v) is 18.2. The Morgan fingerprint density at radius 3 is 2.27 bits per heavy atom. The second-order valence-electron chi connectivity index (χ2n) is 10.6. The molecule has 1 N–H and O–H groups in total. The highest BCUT2D eigenvalue weighted by molar-refractivity contribution is 5.78. The van der Waals surface area contributed by atoms with E-state index in [0.717, 1.165) is 35.2 Å². The van der Waals surface area contributed by atoms with Gasteiger partial charge in [0, 0.05) is 19.5 Å². The molecule has 162 valence electrons. The Balaban J connectivity index is 1.08. The molecule has 1 saturated heterocycles. The largest absolute Gasteiger partial charge is 0.445 e. The summed E-state index contributed by atoms with van der Waals surface area (Å²) in [5.74, 6) is 4.41. The first-order chi connectivity index (χ1) is 14.4. The third kappa shape index (κ3) is 3.50. The summed E-state index contributed by atoms with van der Waals surface area (Å²) in [5, 5.41) is 2.89. The summed E-state index contributed by atoms with van der Waals surface area (Å²) in [6.07, 6.45) is 5.59. The number of alkyl carbamates (subject to hydrolysis) is 1. The van der Waals surface area contributed by atoms with Crippen LogP contribution in [0.4, 0.5) is 4.79 Å². The van der Waals surface area contributed by atoms with Crippen molar-refractivity contribution in [2.24, 2.45) is 35.0 Å². The second kappa shape index (κ2) is 7.58. The first kappa shape index (κ1) is 19.9. The monoisotopic (exact) mass is 410 g/mol. The molecule has 1 aromatic rings. The van der Waals surface area contributed by atoms with Gasteiger partial charge < -0.3 is 15.0 Å². The smallest absolute Gasteiger partial charge is 0.407 e. The number of carbonyl (C=O) groups is 2. The lowest BCUT2D eigenvalue weighted by atomic mass is 9.43. The van der Waals surface area contributed by atoms with Crippen LogP contribution in [-0.2, 0) is 16.1 Å². The van der Waals surface area contributed by atoms with Gasteiger partial charge in [-0.25, -0.2) is 4.79 Å². The van der Waals surface area contributed by atoms with Crippen LogP contribution < -0.4 is 5.32 Å². The predicted octanol–water partition coefficient (Wildman–Crippen LogP) is 4.22. The highest BCUT2D eigenvalue weighted by Gasteiger charge is 2.57. The molecule has 5 heteroatoms. The zero-order chi connectivity index (χ0) is 20.9. The average molecular weight is 411 g/mol. The van der Waals surface area contributed by atoms with E-state index in [1.807, 2.05) is 35.2 Å². The SMILES string of the molecule is CC1C2CC3CC1CC(C2)C3(C)CC(=O)N1CC(NC(=O)OCc2ccccc2)C1. The predicted molar refractivity (Wildman–Crippen MR) is 114 cm³/mol. The van der Waals surface area contributed by atoms with E-state index in [1.54, 1.807) is 0 Å². The van der Waals surface area contributed by atoms with Gasteiger partial charge in [0.2, 0.25) is 5.91 Å². The van der Waals surface area contributed by atoms with Crippen molar-refractivity contribution in [3.8, 4) is 0 Å². The molecular weight excluding hydrogens is 376 g/mol. The van der Waals surface area contributed by atoms with E-state index in [4.69, 9.17) is 4.74 Å². The van der Waals surface area contributed by atoms with Crippen LogP contribution in [0, 0.1) is 35.0 Å². The molecule has 1 heterocycles. The van der Waals surface area contributed by atoms with Gasteiger partial charge in [0.05, 0.1) is 6.04 Å². The molecule has 4 saturated carbocycles. The minimum atomic E-state index is -0.405. The third-order valence-electron chi connectivity index (χ3n) is 9.00. The molecule has 0 spiro atoms. The second-order valence-corrected chi connectivity index (χ2v) is 10.6. The third-order valence-corrected chi connectivity index (χ3v) is 9.00. The van der Waals surface area contributed by atoms with E-state index in [-0.39, 0.29) is 24.0 Å². The number of hydrogen-bond acceptors (Lipinski definition) is 3. The molecule has 0 unspecified atom stereocenters. The Kier molecular flexibility index (Phi) is 5.03. The normalized spacial score (nSPS) is 37.0. The molecule has 1 aliphatic heterocycles. The summed E-state index contributed by atoms with van der Waals surface area (Å²) in [6.45, 7) is 6.32. The van der Waals surface area contributed by atoms with Gasteiger partial charge in [0.15, 0.2) is 0 Å². The van der Waals surface area contributed by atoms with Crippen molar-refractivity contribution >= 4 is 12.0 Å². The van der Waals surface area contributed by atoms with Crippen LogP contribution in [0.25, 0.3) is 0 Å². The first-order valence-electron chi connectivity index (χ1n) is 11.7. The Morgan fingerprint density at radius 1 is 1.07 bits per heavy atom. The number of benzene rings is 1. The van der Waals surface area contributed by atoms with E-state index in [0.29, 0.717) is 19.5 Å². The zero-order valence-electron chi connectivity index (χ0n) is 18.2. The van der Waals surface area contributed by atoms with Crippen LogP contribution in [0.3, 0.4) is 0 Å². The Bertz CT molecular complexity index is 772. The molecule has 0 aromatic heterocycles. The lowest BCUT2D eigenvalue weighted by Gasteiger charge is -2.62. The summed E-state index contributed by atoms with van der Waals surface area (Å²) in [4.78, 5) is 26.9. The van der Waals surface area contributed by atoms with Crippen LogP contribution in [0.15, 0.2) is 30.3 Å². The minimum absolute atomic E-state index is 0.00405. The van der Waals surface area contributed by atoms with Crippen molar-refractivity contribution in [2.75, 3.05) is 13.1 Å². The van der Waals surface area contributed by atoms with Gasteiger partial charge in [-0.15, -0.1) is 0 Å². The van der Waals surface area contributed by atoms with Crippen molar-refractivity contribution in [2.45, 2.75) is 58.6 Å². The molecule has 1 aromatic carbocycles. The molecule has 30 heavy (non-hydrogen) atoms. The van der Waals surface area contributed by atoms with Gasteiger partial charge in [-0.2, -0.15) is 0 Å². The summed E-state index contributed by atoms with van der Waals surface area (Å²) in [7, 11) is 0. The molecule has 6 rings (SSSR count). The number of amides is 2. The van der Waals surface area contributed by atoms with E-state index in [1.165, 1.54) is 25.7 Å². The Labute approximate surface area is 179 Å². The molecule has 4 aliphatic carbocycles. The molecule has 5 fully saturated rings. The number of rotatable bonds is 5. The highest BCUT2D eigenvalue weighted by atomic mass is 16.5. The maximum absolute atomic E-state index is 13.0. The number of hydrogen-bond donors (Lipinski definition) is 1. The molecule has 2 amide bonds. The van der Waals surface area contributed by atoms with Crippen molar-refractivity contribution in [1.82, 2.24) is 10.2 Å².